The van der Waals surface area contributed by atoms with Crippen molar-refractivity contribution >= 4 is 18.4 Å². The van der Waals surface area contributed by atoms with E-state index in [2.05, 4.69) is 5.32 Å². The van der Waals surface area contributed by atoms with Crippen molar-refractivity contribution in [3.63, 3.8) is 0 Å². The van der Waals surface area contributed by atoms with E-state index in [1.165, 1.54) is 0 Å². The topological polar surface area (TPSA) is 49.3 Å². The predicted molar refractivity (Wildman–Crippen MR) is 50.0 cm³/mol. The lowest BCUT2D eigenvalue weighted by atomic mass is 10.2. The highest BCUT2D eigenvalue weighted by Gasteiger charge is 2.25. The SMILES string of the molecule is Cl.O=C(O)CCN[C@@H]1CCC[C@H]1F. The van der Waals surface area contributed by atoms with Crippen LogP contribution in [0.4, 0.5) is 4.39 Å². The van der Waals surface area contributed by atoms with Crippen LogP contribution in [0.5, 0.6) is 0 Å². The van der Waals surface area contributed by atoms with E-state index in [9.17, 15) is 9.18 Å². The molecule has 0 amide bonds. The van der Waals surface area contributed by atoms with Crippen molar-refractivity contribution in [3.8, 4) is 0 Å². The molecule has 0 bridgehead atoms. The minimum absolute atomic E-state index is 0. The van der Waals surface area contributed by atoms with Crippen molar-refractivity contribution in [2.75, 3.05) is 6.54 Å². The molecule has 5 heteroatoms. The van der Waals surface area contributed by atoms with Crippen LogP contribution in [0.25, 0.3) is 0 Å². The molecule has 2 N–H and O–H groups in total. The summed E-state index contributed by atoms with van der Waals surface area (Å²) in [5.74, 6) is -0.837. The first-order valence-electron chi connectivity index (χ1n) is 4.29. The number of carboxylic acid groups (broad SMARTS) is 1. The molecule has 1 aliphatic carbocycles. The normalized spacial score (nSPS) is 26.8. The number of aliphatic carboxylic acids is 1. The quantitative estimate of drug-likeness (QED) is 0.739. The summed E-state index contributed by atoms with van der Waals surface area (Å²) in [6.45, 7) is 0.375. The molecule has 0 radical (unpaired) electrons. The van der Waals surface area contributed by atoms with Crippen LogP contribution in [-0.2, 0) is 4.79 Å². The number of hydrogen-bond acceptors (Lipinski definition) is 2. The van der Waals surface area contributed by atoms with E-state index in [0.29, 0.717) is 13.0 Å². The maximum Gasteiger partial charge on any atom is 0.304 e. The molecule has 1 rings (SSSR count). The summed E-state index contributed by atoms with van der Waals surface area (Å²) in [6.07, 6.45) is 1.65. The number of carboxylic acids is 1. The maximum atomic E-state index is 12.9. The van der Waals surface area contributed by atoms with Crippen LogP contribution in [0, 0.1) is 0 Å². The molecule has 0 aliphatic heterocycles. The van der Waals surface area contributed by atoms with E-state index in [4.69, 9.17) is 5.11 Å². The number of rotatable bonds is 4. The smallest absolute Gasteiger partial charge is 0.304 e. The van der Waals surface area contributed by atoms with Crippen LogP contribution >= 0.6 is 12.4 Å². The first-order valence-corrected chi connectivity index (χ1v) is 4.29. The van der Waals surface area contributed by atoms with Crippen LogP contribution in [0.2, 0.25) is 0 Å². The van der Waals surface area contributed by atoms with Gasteiger partial charge in [-0.25, -0.2) is 4.39 Å². The molecule has 0 aromatic rings. The number of halogens is 2. The molecule has 0 unspecified atom stereocenters. The maximum absolute atomic E-state index is 12.9. The van der Waals surface area contributed by atoms with Crippen LogP contribution < -0.4 is 5.32 Å². The summed E-state index contributed by atoms with van der Waals surface area (Å²) in [6, 6.07) is -0.107. The Bertz CT molecular complexity index is 168. The van der Waals surface area contributed by atoms with Gasteiger partial charge in [0.15, 0.2) is 0 Å². The van der Waals surface area contributed by atoms with Gasteiger partial charge < -0.3 is 10.4 Å². The van der Waals surface area contributed by atoms with Gasteiger partial charge in [0.1, 0.15) is 6.17 Å². The molecule has 1 saturated carbocycles. The van der Waals surface area contributed by atoms with Crippen LogP contribution in [0.3, 0.4) is 0 Å². The van der Waals surface area contributed by atoms with Gasteiger partial charge in [0.05, 0.1) is 6.42 Å². The Labute approximate surface area is 83.1 Å². The van der Waals surface area contributed by atoms with Crippen molar-refractivity contribution in [1.82, 2.24) is 5.32 Å². The van der Waals surface area contributed by atoms with Crippen molar-refractivity contribution in [3.05, 3.63) is 0 Å². The second-order valence-corrected chi connectivity index (χ2v) is 3.15. The summed E-state index contributed by atoms with van der Waals surface area (Å²) < 4.78 is 12.9. The second kappa shape index (κ2) is 6.16. The summed E-state index contributed by atoms with van der Waals surface area (Å²) >= 11 is 0. The Morgan fingerprint density at radius 2 is 2.23 bits per heavy atom. The molecule has 3 nitrogen and oxygen atoms in total. The lowest BCUT2D eigenvalue weighted by Gasteiger charge is -2.13. The van der Waals surface area contributed by atoms with E-state index >= 15 is 0 Å². The molecule has 0 heterocycles. The minimum atomic E-state index is -0.837. The van der Waals surface area contributed by atoms with E-state index < -0.39 is 12.1 Å². The van der Waals surface area contributed by atoms with Crippen LogP contribution in [-0.4, -0.2) is 29.8 Å². The zero-order chi connectivity index (χ0) is 8.97. The van der Waals surface area contributed by atoms with Crippen molar-refractivity contribution in [2.24, 2.45) is 0 Å². The third-order valence-electron chi connectivity index (χ3n) is 2.18. The van der Waals surface area contributed by atoms with E-state index in [1.807, 2.05) is 0 Å². The molecular formula is C8H15ClFNO2. The monoisotopic (exact) mass is 211 g/mol. The van der Waals surface area contributed by atoms with Gasteiger partial charge in [-0.3, -0.25) is 4.79 Å². The lowest BCUT2D eigenvalue weighted by Crippen LogP contribution is -2.34. The second-order valence-electron chi connectivity index (χ2n) is 3.15. The predicted octanol–water partition coefficient (Wildman–Crippen LogP) is 1.36. The summed E-state index contributed by atoms with van der Waals surface area (Å²) in [5.41, 5.74) is 0. The summed E-state index contributed by atoms with van der Waals surface area (Å²) in [4.78, 5) is 10.1. The Balaban J connectivity index is 0.00000144. The fraction of sp³-hybridized carbons (Fsp3) is 0.875. The molecule has 1 fully saturated rings. The van der Waals surface area contributed by atoms with Crippen molar-refractivity contribution < 1.29 is 14.3 Å². The van der Waals surface area contributed by atoms with E-state index in [-0.39, 0.29) is 24.9 Å². The molecule has 13 heavy (non-hydrogen) atoms. The van der Waals surface area contributed by atoms with Gasteiger partial charge in [-0.15, -0.1) is 12.4 Å². The molecule has 0 aromatic carbocycles. The Morgan fingerprint density at radius 3 is 2.69 bits per heavy atom. The van der Waals surface area contributed by atoms with Gasteiger partial charge in [0.25, 0.3) is 0 Å². The standard InChI is InChI=1S/C8H14FNO2.ClH/c9-6-2-1-3-7(6)10-5-4-8(11)12;/h6-7,10H,1-5H2,(H,11,12);1H/t6-,7-;/m1./s1. The zero-order valence-corrected chi connectivity index (χ0v) is 8.15. The fourth-order valence-corrected chi connectivity index (χ4v) is 1.51. The van der Waals surface area contributed by atoms with Gasteiger partial charge >= 0.3 is 5.97 Å². The Morgan fingerprint density at radius 1 is 1.54 bits per heavy atom. The Hall–Kier alpha value is -0.350. The molecule has 0 spiro atoms. The number of hydrogen-bond donors (Lipinski definition) is 2. The van der Waals surface area contributed by atoms with Crippen LogP contribution in [0.15, 0.2) is 0 Å². The van der Waals surface area contributed by atoms with Gasteiger partial charge in [-0.05, 0) is 19.3 Å². The average Bonchev–Trinajstić information content (AvgIpc) is 2.36. The molecule has 0 saturated heterocycles. The number of carbonyl (C=O) groups is 1. The average molecular weight is 212 g/mol. The van der Waals surface area contributed by atoms with Gasteiger partial charge in [-0.2, -0.15) is 0 Å². The zero-order valence-electron chi connectivity index (χ0n) is 7.33. The van der Waals surface area contributed by atoms with E-state index in [1.54, 1.807) is 0 Å². The van der Waals surface area contributed by atoms with Gasteiger partial charge in [0.2, 0.25) is 0 Å². The molecule has 1 aliphatic rings. The fourth-order valence-electron chi connectivity index (χ4n) is 1.51. The number of alkyl halides is 1. The highest BCUT2D eigenvalue weighted by Crippen LogP contribution is 2.21. The van der Waals surface area contributed by atoms with E-state index in [0.717, 1.165) is 12.8 Å². The van der Waals surface area contributed by atoms with Crippen molar-refractivity contribution in [1.29, 1.82) is 0 Å². The van der Waals surface area contributed by atoms with Crippen LogP contribution in [0.1, 0.15) is 25.7 Å². The first kappa shape index (κ1) is 12.7. The molecule has 2 atom stereocenters. The van der Waals surface area contributed by atoms with Crippen molar-refractivity contribution in [2.45, 2.75) is 37.9 Å². The number of nitrogens with one attached hydrogen (secondary N) is 1. The molecule has 78 valence electrons. The third kappa shape index (κ3) is 4.43. The highest BCUT2D eigenvalue weighted by atomic mass is 35.5. The van der Waals surface area contributed by atoms with Gasteiger partial charge in [-0.1, -0.05) is 0 Å². The first-order chi connectivity index (χ1) is 5.70. The minimum Gasteiger partial charge on any atom is -0.481 e. The largest absolute Gasteiger partial charge is 0.481 e. The van der Waals surface area contributed by atoms with Gasteiger partial charge in [0, 0.05) is 12.6 Å². The summed E-state index contributed by atoms with van der Waals surface area (Å²) in [7, 11) is 0. The third-order valence-corrected chi connectivity index (χ3v) is 2.18. The molecule has 0 aromatic heterocycles. The lowest BCUT2D eigenvalue weighted by molar-refractivity contribution is -0.136. The summed E-state index contributed by atoms with van der Waals surface area (Å²) in [5, 5.41) is 11.2. The Kier molecular flexibility index (Phi) is 5.99. The highest BCUT2D eigenvalue weighted by molar-refractivity contribution is 5.85. The molecular weight excluding hydrogens is 197 g/mol.